The van der Waals surface area contributed by atoms with Gasteiger partial charge < -0.3 is 15.5 Å². The van der Waals surface area contributed by atoms with Crippen LogP contribution in [-0.2, 0) is 4.79 Å². The Morgan fingerprint density at radius 2 is 2.15 bits per heavy atom. The molecule has 2 amide bonds. The second kappa shape index (κ2) is 7.18. The molecule has 26 heavy (non-hydrogen) atoms. The molecular formula is C17H17N5O4. The van der Waals surface area contributed by atoms with Crippen molar-refractivity contribution >= 4 is 29.0 Å². The van der Waals surface area contributed by atoms with Gasteiger partial charge in [-0.2, -0.15) is 0 Å². The summed E-state index contributed by atoms with van der Waals surface area (Å²) in [5, 5.41) is 16.2. The first-order chi connectivity index (χ1) is 12.4. The van der Waals surface area contributed by atoms with Crippen LogP contribution in [-0.4, -0.2) is 41.4 Å². The van der Waals surface area contributed by atoms with Gasteiger partial charge >= 0.3 is 0 Å². The standard InChI is InChI=1S/C17H17N5O4/c1-11-8-13(22(25)26)3-4-14(11)17(24)20-12-2-5-15(19-9-12)21-7-6-18-16(23)10-21/h2-5,8-9H,6-7,10H2,1H3,(H,18,23)(H,20,24). The summed E-state index contributed by atoms with van der Waals surface area (Å²) in [5.41, 5.74) is 1.31. The van der Waals surface area contributed by atoms with Crippen LogP contribution in [0.15, 0.2) is 36.5 Å². The molecule has 0 aliphatic carbocycles. The molecule has 1 aliphatic rings. The molecule has 9 nitrogen and oxygen atoms in total. The van der Waals surface area contributed by atoms with Crippen LogP contribution in [0.5, 0.6) is 0 Å². The van der Waals surface area contributed by atoms with Crippen LogP contribution in [0.1, 0.15) is 15.9 Å². The van der Waals surface area contributed by atoms with Gasteiger partial charge in [-0.15, -0.1) is 0 Å². The number of carbonyl (C=O) groups excluding carboxylic acids is 2. The van der Waals surface area contributed by atoms with Gasteiger partial charge in [-0.1, -0.05) is 0 Å². The Morgan fingerprint density at radius 3 is 2.77 bits per heavy atom. The van der Waals surface area contributed by atoms with E-state index in [2.05, 4.69) is 15.6 Å². The number of pyridine rings is 1. The number of nitrogens with one attached hydrogen (secondary N) is 2. The van der Waals surface area contributed by atoms with Crippen molar-refractivity contribution in [3.05, 3.63) is 57.8 Å². The predicted octanol–water partition coefficient (Wildman–Crippen LogP) is 1.49. The molecule has 0 bridgehead atoms. The second-order valence-corrected chi connectivity index (χ2v) is 5.89. The fourth-order valence-corrected chi connectivity index (χ4v) is 2.70. The van der Waals surface area contributed by atoms with Crippen molar-refractivity contribution < 1.29 is 14.5 Å². The van der Waals surface area contributed by atoms with Gasteiger partial charge in [0.25, 0.3) is 11.6 Å². The quantitative estimate of drug-likeness (QED) is 0.634. The number of anilines is 2. The minimum Gasteiger partial charge on any atom is -0.353 e. The van der Waals surface area contributed by atoms with Gasteiger partial charge in [0, 0.05) is 30.8 Å². The molecule has 0 unspecified atom stereocenters. The van der Waals surface area contributed by atoms with E-state index in [-0.39, 0.29) is 24.0 Å². The molecule has 1 aromatic heterocycles. The van der Waals surface area contributed by atoms with E-state index < -0.39 is 4.92 Å². The first-order valence-corrected chi connectivity index (χ1v) is 7.98. The van der Waals surface area contributed by atoms with Crippen molar-refractivity contribution in [1.82, 2.24) is 10.3 Å². The highest BCUT2D eigenvalue weighted by Gasteiger charge is 2.18. The maximum atomic E-state index is 12.4. The number of benzene rings is 1. The predicted molar refractivity (Wildman–Crippen MR) is 95.2 cm³/mol. The molecule has 2 aromatic rings. The Balaban J connectivity index is 1.70. The molecular weight excluding hydrogens is 338 g/mol. The Morgan fingerprint density at radius 1 is 1.35 bits per heavy atom. The maximum absolute atomic E-state index is 12.4. The van der Waals surface area contributed by atoms with E-state index in [1.165, 1.54) is 24.4 Å². The summed E-state index contributed by atoms with van der Waals surface area (Å²) in [7, 11) is 0. The van der Waals surface area contributed by atoms with Gasteiger partial charge in [0.15, 0.2) is 0 Å². The Hall–Kier alpha value is -3.49. The number of carbonyl (C=O) groups is 2. The zero-order valence-electron chi connectivity index (χ0n) is 14.1. The van der Waals surface area contributed by atoms with E-state index in [1.807, 2.05) is 4.90 Å². The molecule has 1 aromatic carbocycles. The summed E-state index contributed by atoms with van der Waals surface area (Å²) in [6, 6.07) is 7.52. The second-order valence-electron chi connectivity index (χ2n) is 5.89. The average molecular weight is 355 g/mol. The lowest BCUT2D eigenvalue weighted by Crippen LogP contribution is -2.48. The summed E-state index contributed by atoms with van der Waals surface area (Å²) in [6.45, 7) is 3.14. The molecule has 134 valence electrons. The molecule has 2 N–H and O–H groups in total. The Kier molecular flexibility index (Phi) is 4.78. The number of rotatable bonds is 4. The van der Waals surface area contributed by atoms with Gasteiger partial charge in [0.1, 0.15) is 5.82 Å². The molecule has 1 fully saturated rings. The number of nitrogens with zero attached hydrogens (tertiary/aromatic N) is 3. The Labute approximate surface area is 149 Å². The Bertz CT molecular complexity index is 866. The summed E-state index contributed by atoms with van der Waals surface area (Å²) < 4.78 is 0. The molecule has 0 spiro atoms. The molecule has 0 saturated carbocycles. The lowest BCUT2D eigenvalue weighted by atomic mass is 10.1. The minimum absolute atomic E-state index is 0.0518. The van der Waals surface area contributed by atoms with Crippen LogP contribution in [0.25, 0.3) is 0 Å². The zero-order chi connectivity index (χ0) is 18.7. The number of aromatic nitrogens is 1. The summed E-state index contributed by atoms with van der Waals surface area (Å²) in [5.74, 6) is 0.234. The summed E-state index contributed by atoms with van der Waals surface area (Å²) >= 11 is 0. The highest BCUT2D eigenvalue weighted by molar-refractivity contribution is 6.05. The number of amides is 2. The van der Waals surface area contributed by atoms with E-state index in [0.717, 1.165) is 0 Å². The van der Waals surface area contributed by atoms with E-state index in [9.17, 15) is 19.7 Å². The SMILES string of the molecule is Cc1cc([N+](=O)[O-])ccc1C(=O)Nc1ccc(N2CCNC(=O)C2)nc1. The van der Waals surface area contributed by atoms with Crippen molar-refractivity contribution in [1.29, 1.82) is 0 Å². The highest BCUT2D eigenvalue weighted by atomic mass is 16.6. The van der Waals surface area contributed by atoms with E-state index >= 15 is 0 Å². The number of non-ortho nitro benzene ring substituents is 1. The fraction of sp³-hybridized carbons (Fsp3) is 0.235. The number of nitro benzene ring substituents is 1. The minimum atomic E-state index is -0.502. The maximum Gasteiger partial charge on any atom is 0.269 e. The van der Waals surface area contributed by atoms with Gasteiger partial charge in [-0.3, -0.25) is 19.7 Å². The first kappa shape index (κ1) is 17.3. The normalized spacial score (nSPS) is 13.9. The van der Waals surface area contributed by atoms with Gasteiger partial charge in [0.05, 0.1) is 23.4 Å². The largest absolute Gasteiger partial charge is 0.353 e. The van der Waals surface area contributed by atoms with Crippen molar-refractivity contribution in [2.45, 2.75) is 6.92 Å². The van der Waals surface area contributed by atoms with Crippen molar-refractivity contribution in [2.24, 2.45) is 0 Å². The number of aryl methyl sites for hydroxylation is 1. The molecule has 0 atom stereocenters. The van der Waals surface area contributed by atoms with Crippen LogP contribution in [0, 0.1) is 17.0 Å². The van der Waals surface area contributed by atoms with Crippen molar-refractivity contribution in [3.63, 3.8) is 0 Å². The third kappa shape index (κ3) is 3.77. The topological polar surface area (TPSA) is 117 Å². The molecule has 2 heterocycles. The zero-order valence-corrected chi connectivity index (χ0v) is 14.1. The van der Waals surface area contributed by atoms with Crippen LogP contribution in [0.2, 0.25) is 0 Å². The van der Waals surface area contributed by atoms with Gasteiger partial charge in [0.2, 0.25) is 5.91 Å². The summed E-state index contributed by atoms with van der Waals surface area (Å²) in [4.78, 5) is 40.2. The third-order valence-electron chi connectivity index (χ3n) is 4.03. The summed E-state index contributed by atoms with van der Waals surface area (Å²) in [6.07, 6.45) is 1.51. The van der Waals surface area contributed by atoms with Gasteiger partial charge in [-0.25, -0.2) is 4.98 Å². The third-order valence-corrected chi connectivity index (χ3v) is 4.03. The monoisotopic (exact) mass is 355 g/mol. The lowest BCUT2D eigenvalue weighted by Gasteiger charge is -2.27. The molecule has 1 saturated heterocycles. The van der Waals surface area contributed by atoms with Gasteiger partial charge in [-0.05, 0) is 30.7 Å². The molecule has 3 rings (SSSR count). The van der Waals surface area contributed by atoms with Crippen LogP contribution >= 0.6 is 0 Å². The number of hydrogen-bond donors (Lipinski definition) is 2. The van der Waals surface area contributed by atoms with E-state index in [1.54, 1.807) is 19.1 Å². The number of piperazine rings is 1. The van der Waals surface area contributed by atoms with Crippen LogP contribution in [0.4, 0.5) is 17.2 Å². The fourth-order valence-electron chi connectivity index (χ4n) is 2.70. The van der Waals surface area contributed by atoms with Crippen LogP contribution in [0.3, 0.4) is 0 Å². The van der Waals surface area contributed by atoms with Crippen molar-refractivity contribution in [2.75, 3.05) is 29.9 Å². The first-order valence-electron chi connectivity index (χ1n) is 7.98. The number of hydrogen-bond acceptors (Lipinski definition) is 6. The van der Waals surface area contributed by atoms with Crippen molar-refractivity contribution in [3.8, 4) is 0 Å². The number of nitro groups is 1. The molecule has 1 aliphatic heterocycles. The smallest absolute Gasteiger partial charge is 0.269 e. The highest BCUT2D eigenvalue weighted by Crippen LogP contribution is 2.19. The van der Waals surface area contributed by atoms with Crippen LogP contribution < -0.4 is 15.5 Å². The molecule has 0 radical (unpaired) electrons. The van der Waals surface area contributed by atoms with E-state index in [0.29, 0.717) is 35.7 Å². The molecule has 9 heteroatoms. The average Bonchev–Trinajstić information content (AvgIpc) is 2.62. The lowest BCUT2D eigenvalue weighted by molar-refractivity contribution is -0.384. The van der Waals surface area contributed by atoms with E-state index in [4.69, 9.17) is 0 Å².